The minimum atomic E-state index is -0.495. The molecule has 82 valence electrons. The Morgan fingerprint density at radius 2 is 2.20 bits per heavy atom. The van der Waals surface area contributed by atoms with E-state index in [-0.39, 0.29) is 0 Å². The maximum Gasteiger partial charge on any atom is 0.252 e. The first-order chi connectivity index (χ1) is 7.15. The third kappa shape index (κ3) is 3.53. The topological polar surface area (TPSA) is 78.3 Å². The zero-order chi connectivity index (χ0) is 11.3. The van der Waals surface area contributed by atoms with E-state index < -0.39 is 5.91 Å². The highest BCUT2D eigenvalue weighted by atomic mass is 79.9. The van der Waals surface area contributed by atoms with Crippen LogP contribution in [0.4, 0.5) is 0 Å². The fraction of sp³-hybridized carbons (Fsp3) is 0.300. The van der Waals surface area contributed by atoms with E-state index in [4.69, 9.17) is 16.2 Å². The second kappa shape index (κ2) is 5.72. The van der Waals surface area contributed by atoms with Crippen molar-refractivity contribution in [2.45, 2.75) is 6.42 Å². The van der Waals surface area contributed by atoms with Crippen molar-refractivity contribution in [1.82, 2.24) is 0 Å². The Labute approximate surface area is 96.7 Å². The van der Waals surface area contributed by atoms with E-state index in [2.05, 4.69) is 15.9 Å². The molecular formula is C10H13BrN2O2. The molecule has 5 heteroatoms. The number of ether oxygens (including phenoxy) is 1. The average Bonchev–Trinajstić information content (AvgIpc) is 2.18. The third-order valence-corrected chi connectivity index (χ3v) is 2.31. The predicted octanol–water partition coefficient (Wildman–Crippen LogP) is 1.28. The Kier molecular flexibility index (Phi) is 4.58. The molecular weight excluding hydrogens is 260 g/mol. The molecule has 0 aliphatic rings. The van der Waals surface area contributed by atoms with Gasteiger partial charge < -0.3 is 16.2 Å². The van der Waals surface area contributed by atoms with Crippen LogP contribution < -0.4 is 16.2 Å². The lowest BCUT2D eigenvalue weighted by Gasteiger charge is -2.09. The lowest BCUT2D eigenvalue weighted by molar-refractivity contribution is 0.0996. The molecule has 0 heterocycles. The van der Waals surface area contributed by atoms with Crippen molar-refractivity contribution in [3.63, 3.8) is 0 Å². The van der Waals surface area contributed by atoms with Crippen LogP contribution in [0.25, 0.3) is 0 Å². The summed E-state index contributed by atoms with van der Waals surface area (Å²) in [4.78, 5) is 11.1. The van der Waals surface area contributed by atoms with Crippen molar-refractivity contribution >= 4 is 21.8 Å². The van der Waals surface area contributed by atoms with Crippen LogP contribution in [-0.2, 0) is 0 Å². The third-order valence-electron chi connectivity index (χ3n) is 1.82. The highest BCUT2D eigenvalue weighted by molar-refractivity contribution is 9.10. The molecule has 0 aliphatic heterocycles. The van der Waals surface area contributed by atoms with Gasteiger partial charge in [0.2, 0.25) is 0 Å². The summed E-state index contributed by atoms with van der Waals surface area (Å²) in [6.45, 7) is 1.03. The maximum absolute atomic E-state index is 11.1. The molecule has 0 unspecified atom stereocenters. The van der Waals surface area contributed by atoms with E-state index in [0.717, 1.165) is 10.9 Å². The van der Waals surface area contributed by atoms with Gasteiger partial charge in [0.05, 0.1) is 12.2 Å². The van der Waals surface area contributed by atoms with Crippen LogP contribution in [0.5, 0.6) is 5.75 Å². The number of hydrogen-bond acceptors (Lipinski definition) is 3. The van der Waals surface area contributed by atoms with E-state index in [1.165, 1.54) is 0 Å². The van der Waals surface area contributed by atoms with Crippen molar-refractivity contribution in [2.24, 2.45) is 11.5 Å². The average molecular weight is 273 g/mol. The summed E-state index contributed by atoms with van der Waals surface area (Å²) in [6.07, 6.45) is 0.741. The molecule has 0 saturated carbocycles. The normalized spacial score (nSPS) is 10.0. The largest absolute Gasteiger partial charge is 0.493 e. The van der Waals surface area contributed by atoms with Crippen molar-refractivity contribution < 1.29 is 9.53 Å². The van der Waals surface area contributed by atoms with E-state index in [9.17, 15) is 4.79 Å². The summed E-state index contributed by atoms with van der Waals surface area (Å²) in [5, 5.41) is 0. The van der Waals surface area contributed by atoms with Crippen LogP contribution in [0.2, 0.25) is 0 Å². The van der Waals surface area contributed by atoms with Gasteiger partial charge >= 0.3 is 0 Å². The molecule has 0 radical (unpaired) electrons. The second-order valence-corrected chi connectivity index (χ2v) is 3.91. The molecule has 4 N–H and O–H groups in total. The van der Waals surface area contributed by atoms with Gasteiger partial charge in [0.15, 0.2) is 0 Å². The minimum Gasteiger partial charge on any atom is -0.493 e. The Morgan fingerprint density at radius 1 is 1.47 bits per heavy atom. The van der Waals surface area contributed by atoms with E-state index in [1.807, 2.05) is 0 Å². The molecule has 0 fully saturated rings. The lowest BCUT2D eigenvalue weighted by Crippen LogP contribution is -2.14. The fourth-order valence-electron chi connectivity index (χ4n) is 1.08. The SMILES string of the molecule is NCCCOc1cc(Br)ccc1C(N)=O. The second-order valence-electron chi connectivity index (χ2n) is 3.00. The van der Waals surface area contributed by atoms with Gasteiger partial charge in [0.25, 0.3) is 5.91 Å². The van der Waals surface area contributed by atoms with E-state index in [0.29, 0.717) is 24.5 Å². The molecule has 0 atom stereocenters. The lowest BCUT2D eigenvalue weighted by atomic mass is 10.2. The first kappa shape index (κ1) is 12.0. The molecule has 1 aromatic carbocycles. The van der Waals surface area contributed by atoms with Crippen molar-refractivity contribution in [3.8, 4) is 5.75 Å². The standard InChI is InChI=1S/C10H13BrN2O2/c11-7-2-3-8(10(13)14)9(6-7)15-5-1-4-12/h2-3,6H,1,4-5,12H2,(H2,13,14). The van der Waals surface area contributed by atoms with Crippen molar-refractivity contribution in [1.29, 1.82) is 0 Å². The Morgan fingerprint density at radius 3 is 2.80 bits per heavy atom. The Bertz CT molecular complexity index is 355. The fourth-order valence-corrected chi connectivity index (χ4v) is 1.42. The monoisotopic (exact) mass is 272 g/mol. The van der Waals surface area contributed by atoms with Crippen LogP contribution in [0, 0.1) is 0 Å². The minimum absolute atomic E-state index is 0.384. The number of halogens is 1. The summed E-state index contributed by atoms with van der Waals surface area (Å²) in [5.41, 5.74) is 10.9. The molecule has 1 aromatic rings. The van der Waals surface area contributed by atoms with Gasteiger partial charge in [-0.3, -0.25) is 4.79 Å². The molecule has 1 rings (SSSR count). The number of primary amides is 1. The van der Waals surface area contributed by atoms with Crippen LogP contribution in [-0.4, -0.2) is 19.1 Å². The molecule has 4 nitrogen and oxygen atoms in total. The van der Waals surface area contributed by atoms with Gasteiger partial charge in [-0.15, -0.1) is 0 Å². The predicted molar refractivity (Wildman–Crippen MR) is 61.8 cm³/mol. The van der Waals surface area contributed by atoms with Crippen LogP contribution in [0.15, 0.2) is 22.7 Å². The van der Waals surface area contributed by atoms with E-state index >= 15 is 0 Å². The number of hydrogen-bond donors (Lipinski definition) is 2. The Balaban J connectivity index is 2.82. The molecule has 0 aromatic heterocycles. The number of benzene rings is 1. The molecule has 0 bridgehead atoms. The first-order valence-electron chi connectivity index (χ1n) is 4.57. The maximum atomic E-state index is 11.1. The molecule has 0 saturated heterocycles. The van der Waals surface area contributed by atoms with Crippen LogP contribution >= 0.6 is 15.9 Å². The summed E-state index contributed by atoms with van der Waals surface area (Å²) < 4.78 is 6.25. The summed E-state index contributed by atoms with van der Waals surface area (Å²) in [7, 11) is 0. The highest BCUT2D eigenvalue weighted by Gasteiger charge is 2.09. The van der Waals surface area contributed by atoms with Crippen LogP contribution in [0.1, 0.15) is 16.8 Å². The van der Waals surface area contributed by atoms with Gasteiger partial charge in [-0.25, -0.2) is 0 Å². The zero-order valence-corrected chi connectivity index (χ0v) is 9.79. The van der Waals surface area contributed by atoms with Gasteiger partial charge in [0, 0.05) is 4.47 Å². The Hall–Kier alpha value is -1.07. The molecule has 1 amide bonds. The number of carbonyl (C=O) groups is 1. The summed E-state index contributed by atoms with van der Waals surface area (Å²) in [6, 6.07) is 5.09. The summed E-state index contributed by atoms with van der Waals surface area (Å²) >= 11 is 3.30. The van der Waals surface area contributed by atoms with Gasteiger partial charge in [-0.05, 0) is 31.2 Å². The van der Waals surface area contributed by atoms with Crippen molar-refractivity contribution in [2.75, 3.05) is 13.2 Å². The smallest absolute Gasteiger partial charge is 0.252 e. The number of carbonyl (C=O) groups excluding carboxylic acids is 1. The quantitative estimate of drug-likeness (QED) is 0.793. The summed E-state index contributed by atoms with van der Waals surface area (Å²) in [5.74, 6) is -0.00410. The van der Waals surface area contributed by atoms with Crippen LogP contribution in [0.3, 0.4) is 0 Å². The highest BCUT2D eigenvalue weighted by Crippen LogP contribution is 2.23. The number of rotatable bonds is 5. The molecule has 0 spiro atoms. The number of nitrogens with two attached hydrogens (primary N) is 2. The number of amides is 1. The van der Waals surface area contributed by atoms with Gasteiger partial charge in [0.1, 0.15) is 5.75 Å². The van der Waals surface area contributed by atoms with Gasteiger partial charge in [-0.1, -0.05) is 15.9 Å². The first-order valence-corrected chi connectivity index (χ1v) is 5.36. The molecule has 15 heavy (non-hydrogen) atoms. The molecule has 0 aliphatic carbocycles. The van der Waals surface area contributed by atoms with E-state index in [1.54, 1.807) is 18.2 Å². The zero-order valence-electron chi connectivity index (χ0n) is 8.20. The van der Waals surface area contributed by atoms with Gasteiger partial charge in [-0.2, -0.15) is 0 Å². The van der Waals surface area contributed by atoms with Crippen molar-refractivity contribution in [3.05, 3.63) is 28.2 Å².